The molecule has 0 saturated heterocycles. The van der Waals surface area contributed by atoms with E-state index in [1.807, 2.05) is 0 Å². The molecular weight excluding hydrogens is 382 g/mol. The minimum atomic E-state index is -0.606. The molecule has 0 N–H and O–H groups in total. The summed E-state index contributed by atoms with van der Waals surface area (Å²) in [6.45, 7) is 1.95. The zero-order valence-electron chi connectivity index (χ0n) is 15.4. The quantitative estimate of drug-likeness (QED) is 0.491. The van der Waals surface area contributed by atoms with Crippen LogP contribution in [-0.2, 0) is 13.0 Å². The second-order valence-corrected chi connectivity index (χ2v) is 6.48. The molecule has 0 spiro atoms. The predicted octanol–water partition coefficient (Wildman–Crippen LogP) is 3.77. The second kappa shape index (κ2) is 7.78. The summed E-state index contributed by atoms with van der Waals surface area (Å²) in [5.41, 5.74) is 1.57. The summed E-state index contributed by atoms with van der Waals surface area (Å²) in [6, 6.07) is 10.2. The maximum Gasteiger partial charge on any atom is 0.437 e. The number of benzene rings is 2. The molecule has 2 aromatic heterocycles. The lowest BCUT2D eigenvalue weighted by atomic mass is 10.1. The third-order valence-electron chi connectivity index (χ3n) is 4.36. The van der Waals surface area contributed by atoms with Gasteiger partial charge in [0.05, 0.1) is 0 Å². The number of nitrogens with zero attached hydrogens (tertiary/aromatic N) is 4. The summed E-state index contributed by atoms with van der Waals surface area (Å²) >= 11 is 0. The van der Waals surface area contributed by atoms with Crippen LogP contribution in [0, 0.1) is 18.6 Å². The Kier molecular flexibility index (Phi) is 5.03. The van der Waals surface area contributed by atoms with E-state index in [2.05, 4.69) is 15.2 Å². The molecule has 0 aliphatic rings. The summed E-state index contributed by atoms with van der Waals surface area (Å²) in [5, 5.41) is 7.98. The van der Waals surface area contributed by atoms with Gasteiger partial charge in [-0.1, -0.05) is 17.3 Å². The van der Waals surface area contributed by atoms with Gasteiger partial charge in [0.2, 0.25) is 17.6 Å². The van der Waals surface area contributed by atoms with Crippen LogP contribution in [-0.4, -0.2) is 19.9 Å². The van der Waals surface area contributed by atoms with Crippen LogP contribution < -0.4 is 5.76 Å². The molecule has 29 heavy (non-hydrogen) atoms. The van der Waals surface area contributed by atoms with E-state index in [9.17, 15) is 13.6 Å². The highest BCUT2D eigenvalue weighted by atomic mass is 19.1. The van der Waals surface area contributed by atoms with Crippen LogP contribution in [0.1, 0.15) is 17.9 Å². The maximum absolute atomic E-state index is 13.7. The molecule has 0 fully saturated rings. The van der Waals surface area contributed by atoms with Crippen LogP contribution in [0.25, 0.3) is 22.8 Å². The lowest BCUT2D eigenvalue weighted by Gasteiger charge is -1.98. The number of rotatable bonds is 6. The van der Waals surface area contributed by atoms with Gasteiger partial charge in [0.15, 0.2) is 0 Å². The molecule has 7 nitrogen and oxygen atoms in total. The third-order valence-corrected chi connectivity index (χ3v) is 4.36. The molecule has 0 radical (unpaired) electrons. The highest BCUT2D eigenvalue weighted by Gasteiger charge is 2.13. The van der Waals surface area contributed by atoms with Crippen molar-refractivity contribution in [2.75, 3.05) is 0 Å². The Morgan fingerprint density at radius 1 is 1.07 bits per heavy atom. The van der Waals surface area contributed by atoms with E-state index < -0.39 is 5.76 Å². The van der Waals surface area contributed by atoms with Crippen LogP contribution in [0.15, 0.2) is 56.2 Å². The van der Waals surface area contributed by atoms with Gasteiger partial charge in [0.1, 0.15) is 11.6 Å². The number of halogens is 2. The summed E-state index contributed by atoms with van der Waals surface area (Å²) < 4.78 is 38.2. The molecule has 4 rings (SSSR count). The van der Waals surface area contributed by atoms with Gasteiger partial charge in [-0.05, 0) is 49.2 Å². The molecule has 9 heteroatoms. The molecule has 0 aliphatic carbocycles. The Labute approximate surface area is 163 Å². The fourth-order valence-electron chi connectivity index (χ4n) is 2.74. The van der Waals surface area contributed by atoms with Gasteiger partial charge in [-0.2, -0.15) is 9.67 Å². The number of hydrogen-bond donors (Lipinski definition) is 0. The van der Waals surface area contributed by atoms with Crippen molar-refractivity contribution in [2.45, 2.75) is 26.3 Å². The van der Waals surface area contributed by atoms with E-state index in [0.717, 1.165) is 0 Å². The SMILES string of the molecule is Cc1ccc(-c2noc(CCCn3nc(-c4ccc(F)cc4)oc3=O)n2)cc1F. The van der Waals surface area contributed by atoms with Crippen molar-refractivity contribution >= 4 is 0 Å². The smallest absolute Gasteiger partial charge is 0.388 e. The molecule has 0 amide bonds. The lowest BCUT2D eigenvalue weighted by Crippen LogP contribution is -2.16. The Morgan fingerprint density at radius 2 is 1.83 bits per heavy atom. The minimum absolute atomic E-state index is 0.122. The predicted molar refractivity (Wildman–Crippen MR) is 98.9 cm³/mol. The Hall–Kier alpha value is -3.62. The summed E-state index contributed by atoms with van der Waals surface area (Å²) in [5.74, 6) is -0.534. The van der Waals surface area contributed by atoms with Crippen molar-refractivity contribution < 1.29 is 17.7 Å². The van der Waals surface area contributed by atoms with Gasteiger partial charge in [0.25, 0.3) is 0 Å². The molecule has 2 aromatic carbocycles. The fraction of sp³-hybridized carbons (Fsp3) is 0.200. The molecule has 148 valence electrons. The average molecular weight is 398 g/mol. The van der Waals surface area contributed by atoms with Crippen LogP contribution in [0.2, 0.25) is 0 Å². The van der Waals surface area contributed by atoms with Crippen LogP contribution in [0.5, 0.6) is 0 Å². The molecule has 0 atom stereocenters. The standard InChI is InChI=1S/C20H16F2N4O3/c1-12-4-5-14(11-16(12)22)18-23-17(29-25-18)3-2-10-26-20(27)28-19(24-26)13-6-8-15(21)9-7-13/h4-9,11H,2-3,10H2,1H3. The molecule has 2 heterocycles. The number of aromatic nitrogens is 4. The van der Waals surface area contributed by atoms with E-state index in [-0.39, 0.29) is 24.1 Å². The largest absolute Gasteiger partial charge is 0.437 e. The van der Waals surface area contributed by atoms with Crippen molar-refractivity contribution in [1.82, 2.24) is 19.9 Å². The van der Waals surface area contributed by atoms with Crippen LogP contribution in [0.4, 0.5) is 8.78 Å². The summed E-state index contributed by atoms with van der Waals surface area (Å²) in [6.07, 6.45) is 0.908. The topological polar surface area (TPSA) is 87.0 Å². The fourth-order valence-corrected chi connectivity index (χ4v) is 2.74. The first-order chi connectivity index (χ1) is 14.0. The zero-order valence-corrected chi connectivity index (χ0v) is 15.4. The highest BCUT2D eigenvalue weighted by molar-refractivity contribution is 5.55. The first-order valence-corrected chi connectivity index (χ1v) is 8.92. The lowest BCUT2D eigenvalue weighted by molar-refractivity contribution is 0.369. The van der Waals surface area contributed by atoms with Crippen molar-refractivity contribution in [3.8, 4) is 22.8 Å². The van der Waals surface area contributed by atoms with Crippen LogP contribution >= 0.6 is 0 Å². The number of hydrogen-bond acceptors (Lipinski definition) is 6. The highest BCUT2D eigenvalue weighted by Crippen LogP contribution is 2.19. The zero-order chi connectivity index (χ0) is 20.4. The summed E-state index contributed by atoms with van der Waals surface area (Å²) in [4.78, 5) is 16.2. The molecule has 0 saturated carbocycles. The molecule has 0 unspecified atom stereocenters. The van der Waals surface area contributed by atoms with Crippen molar-refractivity contribution in [1.29, 1.82) is 0 Å². The summed E-state index contributed by atoms with van der Waals surface area (Å²) in [7, 11) is 0. The van der Waals surface area contributed by atoms with Gasteiger partial charge >= 0.3 is 5.76 Å². The van der Waals surface area contributed by atoms with Crippen molar-refractivity contribution in [3.05, 3.63) is 76.1 Å². The van der Waals surface area contributed by atoms with Gasteiger partial charge in [-0.3, -0.25) is 0 Å². The van der Waals surface area contributed by atoms with Gasteiger partial charge in [-0.25, -0.2) is 13.6 Å². The van der Waals surface area contributed by atoms with Crippen molar-refractivity contribution in [2.24, 2.45) is 0 Å². The van der Waals surface area contributed by atoms with E-state index in [1.54, 1.807) is 19.1 Å². The maximum atomic E-state index is 13.7. The Morgan fingerprint density at radius 3 is 2.59 bits per heavy atom. The average Bonchev–Trinajstić information content (AvgIpc) is 3.32. The van der Waals surface area contributed by atoms with Gasteiger partial charge < -0.3 is 8.94 Å². The van der Waals surface area contributed by atoms with E-state index in [4.69, 9.17) is 8.94 Å². The normalized spacial score (nSPS) is 11.1. The Bertz CT molecular complexity index is 1200. The first-order valence-electron chi connectivity index (χ1n) is 8.92. The first kappa shape index (κ1) is 18.7. The van der Waals surface area contributed by atoms with Crippen molar-refractivity contribution in [3.63, 3.8) is 0 Å². The Balaban J connectivity index is 1.39. The molecule has 0 bridgehead atoms. The van der Waals surface area contributed by atoms with E-state index >= 15 is 0 Å². The third kappa shape index (κ3) is 4.13. The van der Waals surface area contributed by atoms with Gasteiger partial charge in [0, 0.05) is 24.1 Å². The molecule has 0 aliphatic heterocycles. The second-order valence-electron chi connectivity index (χ2n) is 6.48. The number of aryl methyl sites for hydroxylation is 3. The monoisotopic (exact) mass is 398 g/mol. The minimum Gasteiger partial charge on any atom is -0.388 e. The van der Waals surface area contributed by atoms with E-state index in [0.29, 0.717) is 41.2 Å². The van der Waals surface area contributed by atoms with Crippen LogP contribution in [0.3, 0.4) is 0 Å². The van der Waals surface area contributed by atoms with Gasteiger partial charge in [-0.15, -0.1) is 5.10 Å². The van der Waals surface area contributed by atoms with E-state index in [1.165, 1.54) is 35.0 Å². The molecule has 4 aromatic rings. The molecular formula is C20H16F2N4O3.